The van der Waals surface area contributed by atoms with Gasteiger partial charge in [-0.05, 0) is 48.7 Å². The highest BCUT2D eigenvalue weighted by Gasteiger charge is 2.47. The minimum Gasteiger partial charge on any atom is -0.460 e. The van der Waals surface area contributed by atoms with Crippen molar-refractivity contribution < 1.29 is 14.6 Å². The first-order valence-electron chi connectivity index (χ1n) is 9.98. The van der Waals surface area contributed by atoms with Crippen LogP contribution in [0.2, 0.25) is 0 Å². The Balaban J connectivity index is 2.32. The van der Waals surface area contributed by atoms with Crippen molar-refractivity contribution in [1.29, 1.82) is 0 Å². The van der Waals surface area contributed by atoms with Gasteiger partial charge in [0.05, 0.1) is 0 Å². The SMILES string of the molecule is C=C[C@@H](c1ccccc1)[C@](O)(C(=C)C)C(=O)O[C@@H]1C[C@H](C)CC[C@H]1C(C)C. The van der Waals surface area contributed by atoms with E-state index >= 15 is 0 Å². The summed E-state index contributed by atoms with van der Waals surface area (Å²) in [5.74, 6) is 0.0340. The number of esters is 1. The van der Waals surface area contributed by atoms with Crippen LogP contribution in [0.1, 0.15) is 58.4 Å². The smallest absolute Gasteiger partial charge is 0.343 e. The van der Waals surface area contributed by atoms with Gasteiger partial charge in [0, 0.05) is 5.92 Å². The summed E-state index contributed by atoms with van der Waals surface area (Å²) in [5.41, 5.74) is -0.649. The van der Waals surface area contributed by atoms with Gasteiger partial charge in [-0.25, -0.2) is 4.79 Å². The number of carbonyl (C=O) groups excluding carboxylic acids is 1. The molecule has 0 radical (unpaired) electrons. The molecule has 1 N–H and O–H groups in total. The minimum absolute atomic E-state index is 0.173. The molecule has 0 unspecified atom stereocenters. The lowest BCUT2D eigenvalue weighted by Crippen LogP contribution is -2.49. The zero-order valence-corrected chi connectivity index (χ0v) is 17.2. The molecule has 0 spiro atoms. The summed E-state index contributed by atoms with van der Waals surface area (Å²) in [6.07, 6.45) is 4.47. The molecule has 0 heterocycles. The third kappa shape index (κ3) is 4.52. The molecule has 148 valence electrons. The highest BCUT2D eigenvalue weighted by molar-refractivity contribution is 5.85. The van der Waals surface area contributed by atoms with Crippen molar-refractivity contribution in [2.75, 3.05) is 0 Å². The van der Waals surface area contributed by atoms with Gasteiger partial charge >= 0.3 is 5.97 Å². The molecule has 0 bridgehead atoms. The van der Waals surface area contributed by atoms with E-state index in [4.69, 9.17) is 4.74 Å². The molecular formula is C24H34O3. The fourth-order valence-corrected chi connectivity index (χ4v) is 4.25. The van der Waals surface area contributed by atoms with Crippen molar-refractivity contribution in [1.82, 2.24) is 0 Å². The van der Waals surface area contributed by atoms with Crippen molar-refractivity contribution in [2.45, 2.75) is 64.6 Å². The van der Waals surface area contributed by atoms with E-state index in [9.17, 15) is 9.90 Å². The molecule has 3 nitrogen and oxygen atoms in total. The van der Waals surface area contributed by atoms with Crippen LogP contribution in [0, 0.1) is 17.8 Å². The molecule has 1 aromatic rings. The van der Waals surface area contributed by atoms with Crippen molar-refractivity contribution in [2.24, 2.45) is 17.8 Å². The lowest BCUT2D eigenvalue weighted by atomic mass is 9.74. The van der Waals surface area contributed by atoms with Gasteiger partial charge in [-0.2, -0.15) is 0 Å². The Kier molecular flexibility index (Phi) is 7.05. The van der Waals surface area contributed by atoms with Gasteiger partial charge in [0.15, 0.2) is 5.60 Å². The average Bonchev–Trinajstić information content (AvgIpc) is 2.62. The monoisotopic (exact) mass is 370 g/mol. The number of benzene rings is 1. The number of rotatable bonds is 7. The van der Waals surface area contributed by atoms with Gasteiger partial charge in [-0.3, -0.25) is 0 Å². The van der Waals surface area contributed by atoms with Crippen LogP contribution >= 0.6 is 0 Å². The average molecular weight is 371 g/mol. The van der Waals surface area contributed by atoms with Crippen LogP contribution < -0.4 is 0 Å². The molecule has 1 fully saturated rings. The fraction of sp³-hybridized carbons (Fsp3) is 0.542. The van der Waals surface area contributed by atoms with E-state index in [0.717, 1.165) is 24.8 Å². The molecule has 0 aromatic heterocycles. The maximum Gasteiger partial charge on any atom is 0.343 e. The van der Waals surface area contributed by atoms with Gasteiger partial charge in [0.2, 0.25) is 0 Å². The van der Waals surface area contributed by atoms with E-state index < -0.39 is 17.5 Å². The highest BCUT2D eigenvalue weighted by Crippen LogP contribution is 2.39. The van der Waals surface area contributed by atoms with Crippen LogP contribution in [-0.2, 0) is 9.53 Å². The summed E-state index contributed by atoms with van der Waals surface area (Å²) >= 11 is 0. The number of hydrogen-bond donors (Lipinski definition) is 1. The Morgan fingerprint density at radius 1 is 1.30 bits per heavy atom. The normalized spacial score (nSPS) is 26.1. The zero-order valence-electron chi connectivity index (χ0n) is 17.2. The minimum atomic E-state index is -1.83. The first-order chi connectivity index (χ1) is 12.7. The van der Waals surface area contributed by atoms with Crippen molar-refractivity contribution in [3.8, 4) is 0 Å². The van der Waals surface area contributed by atoms with Crippen LogP contribution in [0.15, 0.2) is 55.1 Å². The molecule has 1 aliphatic carbocycles. The molecule has 0 saturated heterocycles. The topological polar surface area (TPSA) is 46.5 Å². The predicted molar refractivity (Wildman–Crippen MR) is 110 cm³/mol. The van der Waals surface area contributed by atoms with E-state index in [1.54, 1.807) is 13.0 Å². The van der Waals surface area contributed by atoms with E-state index in [1.165, 1.54) is 0 Å². The number of ether oxygens (including phenoxy) is 1. The van der Waals surface area contributed by atoms with Crippen LogP contribution in [0.25, 0.3) is 0 Å². The standard InChI is InChI=1S/C24H34O3/c1-7-21(19-11-9-8-10-12-19)24(26,17(4)5)23(25)27-22-15-18(6)13-14-20(22)16(2)3/h7-12,16,18,20-22,26H,1,4,13-15H2,2-3,5-6H3/t18-,20+,21+,22-,24-/m1/s1. The van der Waals surface area contributed by atoms with Crippen LogP contribution in [0.3, 0.4) is 0 Å². The molecule has 0 aliphatic heterocycles. The Hall–Kier alpha value is -1.87. The Bertz CT molecular complexity index is 663. The molecule has 1 saturated carbocycles. The largest absolute Gasteiger partial charge is 0.460 e. The summed E-state index contributed by atoms with van der Waals surface area (Å²) in [7, 11) is 0. The predicted octanol–water partition coefficient (Wildman–Crippen LogP) is 5.27. The Morgan fingerprint density at radius 3 is 2.44 bits per heavy atom. The third-order valence-electron chi connectivity index (χ3n) is 6.03. The summed E-state index contributed by atoms with van der Waals surface area (Å²) in [5, 5.41) is 11.4. The van der Waals surface area contributed by atoms with E-state index in [0.29, 0.717) is 23.3 Å². The molecule has 1 aliphatic rings. The van der Waals surface area contributed by atoms with Crippen molar-refractivity contribution in [3.05, 3.63) is 60.7 Å². The number of aliphatic hydroxyl groups is 1. The van der Waals surface area contributed by atoms with E-state index in [2.05, 4.69) is 33.9 Å². The molecule has 5 atom stereocenters. The maximum atomic E-state index is 13.2. The maximum absolute atomic E-state index is 13.2. The molecule has 1 aromatic carbocycles. The zero-order chi connectivity index (χ0) is 20.2. The first kappa shape index (κ1) is 21.4. The Labute approximate surface area is 164 Å². The molecule has 2 rings (SSSR count). The van der Waals surface area contributed by atoms with Crippen LogP contribution in [0.4, 0.5) is 0 Å². The van der Waals surface area contributed by atoms with E-state index in [-0.39, 0.29) is 6.10 Å². The first-order valence-corrected chi connectivity index (χ1v) is 9.98. The highest BCUT2D eigenvalue weighted by atomic mass is 16.6. The molecule has 3 heteroatoms. The van der Waals surface area contributed by atoms with Crippen LogP contribution in [-0.4, -0.2) is 22.8 Å². The second-order valence-electron chi connectivity index (χ2n) is 8.44. The van der Waals surface area contributed by atoms with Gasteiger partial charge in [-0.1, -0.05) is 70.2 Å². The second kappa shape index (κ2) is 8.88. The van der Waals surface area contributed by atoms with Crippen molar-refractivity contribution in [3.63, 3.8) is 0 Å². The van der Waals surface area contributed by atoms with E-state index in [1.807, 2.05) is 30.3 Å². The summed E-state index contributed by atoms with van der Waals surface area (Å²) in [6.45, 7) is 16.0. The summed E-state index contributed by atoms with van der Waals surface area (Å²) in [6, 6.07) is 9.43. The molecule has 0 amide bonds. The quantitative estimate of drug-likeness (QED) is 0.525. The van der Waals surface area contributed by atoms with Crippen molar-refractivity contribution >= 4 is 5.97 Å². The molecule has 27 heavy (non-hydrogen) atoms. The second-order valence-corrected chi connectivity index (χ2v) is 8.44. The lowest BCUT2D eigenvalue weighted by molar-refractivity contribution is -0.175. The van der Waals surface area contributed by atoms with Crippen LogP contribution in [0.5, 0.6) is 0 Å². The lowest BCUT2D eigenvalue weighted by Gasteiger charge is -2.40. The number of hydrogen-bond acceptors (Lipinski definition) is 3. The third-order valence-corrected chi connectivity index (χ3v) is 6.03. The Morgan fingerprint density at radius 2 is 1.93 bits per heavy atom. The van der Waals surface area contributed by atoms with Gasteiger partial charge in [0.1, 0.15) is 6.10 Å². The van der Waals surface area contributed by atoms with Gasteiger partial charge in [-0.15, -0.1) is 6.58 Å². The van der Waals surface area contributed by atoms with Gasteiger partial charge < -0.3 is 9.84 Å². The van der Waals surface area contributed by atoms with Gasteiger partial charge in [0.25, 0.3) is 0 Å². The summed E-state index contributed by atoms with van der Waals surface area (Å²) in [4.78, 5) is 13.2. The fourth-order valence-electron chi connectivity index (χ4n) is 4.25. The number of carbonyl (C=O) groups is 1. The molecular weight excluding hydrogens is 336 g/mol. The summed E-state index contributed by atoms with van der Waals surface area (Å²) < 4.78 is 5.97.